The standard InChI is InChI=1S/C13H19N3O3S/c1-9(2)19-13(10(3)20(14,17)18)11-8-16-7-5-4-6-12(16)15-11/h4-10,13H,1-3H3,(H2,14,17,18)/t10-,13?/m1/s1. The molecule has 7 heteroatoms. The Labute approximate surface area is 118 Å². The van der Waals surface area contributed by atoms with Gasteiger partial charge in [-0.2, -0.15) is 0 Å². The van der Waals surface area contributed by atoms with Gasteiger partial charge in [-0.15, -0.1) is 0 Å². The van der Waals surface area contributed by atoms with Crippen molar-refractivity contribution < 1.29 is 13.2 Å². The molecule has 0 saturated carbocycles. The first-order valence-corrected chi connectivity index (χ1v) is 8.00. The third-order valence-electron chi connectivity index (χ3n) is 3.04. The Morgan fingerprint density at radius 3 is 2.55 bits per heavy atom. The zero-order chi connectivity index (χ0) is 14.9. The summed E-state index contributed by atoms with van der Waals surface area (Å²) < 4.78 is 30.8. The van der Waals surface area contributed by atoms with Crippen molar-refractivity contribution in [2.75, 3.05) is 0 Å². The van der Waals surface area contributed by atoms with E-state index >= 15 is 0 Å². The van der Waals surface area contributed by atoms with Gasteiger partial charge in [-0.05, 0) is 32.9 Å². The zero-order valence-corrected chi connectivity index (χ0v) is 12.5. The average Bonchev–Trinajstić information content (AvgIpc) is 2.77. The number of aromatic nitrogens is 2. The van der Waals surface area contributed by atoms with Crippen molar-refractivity contribution in [3.8, 4) is 0 Å². The molecule has 0 aliphatic rings. The first-order valence-electron chi connectivity index (χ1n) is 6.39. The van der Waals surface area contributed by atoms with Gasteiger partial charge in [0.15, 0.2) is 0 Å². The fourth-order valence-corrected chi connectivity index (χ4v) is 2.53. The van der Waals surface area contributed by atoms with Crippen molar-refractivity contribution in [2.45, 2.75) is 38.2 Å². The predicted octanol–water partition coefficient (Wildman–Crippen LogP) is 1.48. The van der Waals surface area contributed by atoms with Crippen LogP contribution in [-0.2, 0) is 14.8 Å². The SMILES string of the molecule is CC(C)OC(c1cn2ccccc2n1)[C@@H](C)S(N)(=O)=O. The number of hydrogen-bond donors (Lipinski definition) is 1. The second-order valence-corrected chi connectivity index (χ2v) is 6.95. The maximum absolute atomic E-state index is 11.6. The van der Waals surface area contributed by atoms with Crippen LogP contribution >= 0.6 is 0 Å². The number of hydrogen-bond acceptors (Lipinski definition) is 4. The summed E-state index contributed by atoms with van der Waals surface area (Å²) in [6.45, 7) is 5.23. The van der Waals surface area contributed by atoms with Crippen LogP contribution in [0.5, 0.6) is 0 Å². The predicted molar refractivity (Wildman–Crippen MR) is 76.7 cm³/mol. The van der Waals surface area contributed by atoms with Crippen LogP contribution in [0, 0.1) is 0 Å². The summed E-state index contributed by atoms with van der Waals surface area (Å²) in [4.78, 5) is 4.42. The number of imidazole rings is 1. The molecular formula is C13H19N3O3S. The molecule has 0 aliphatic heterocycles. The number of rotatable bonds is 5. The average molecular weight is 297 g/mol. The summed E-state index contributed by atoms with van der Waals surface area (Å²) in [6.07, 6.45) is 2.79. The fourth-order valence-electron chi connectivity index (χ4n) is 1.98. The van der Waals surface area contributed by atoms with Crippen molar-refractivity contribution in [2.24, 2.45) is 5.14 Å². The Morgan fingerprint density at radius 2 is 2.00 bits per heavy atom. The van der Waals surface area contributed by atoms with E-state index in [1.165, 1.54) is 6.92 Å². The van der Waals surface area contributed by atoms with Crippen LogP contribution in [0.4, 0.5) is 0 Å². The molecular weight excluding hydrogens is 278 g/mol. The van der Waals surface area contributed by atoms with E-state index < -0.39 is 21.4 Å². The number of fused-ring (bicyclic) bond motifs is 1. The Hall–Kier alpha value is -1.44. The summed E-state index contributed by atoms with van der Waals surface area (Å²) >= 11 is 0. The van der Waals surface area contributed by atoms with Gasteiger partial charge in [-0.25, -0.2) is 18.5 Å². The molecule has 0 fully saturated rings. The number of nitrogens with zero attached hydrogens (tertiary/aromatic N) is 2. The topological polar surface area (TPSA) is 86.7 Å². The van der Waals surface area contributed by atoms with Gasteiger partial charge in [0.2, 0.25) is 10.0 Å². The molecule has 0 aromatic carbocycles. The minimum atomic E-state index is -3.71. The summed E-state index contributed by atoms with van der Waals surface area (Å²) in [5.41, 5.74) is 1.30. The van der Waals surface area contributed by atoms with E-state index in [4.69, 9.17) is 9.88 Å². The van der Waals surface area contributed by atoms with E-state index in [1.54, 1.807) is 6.20 Å². The van der Waals surface area contributed by atoms with Gasteiger partial charge in [0.05, 0.1) is 11.8 Å². The molecule has 2 heterocycles. The van der Waals surface area contributed by atoms with Gasteiger partial charge in [-0.1, -0.05) is 6.07 Å². The van der Waals surface area contributed by atoms with Crippen molar-refractivity contribution in [3.63, 3.8) is 0 Å². The lowest BCUT2D eigenvalue weighted by Gasteiger charge is -2.23. The fraction of sp³-hybridized carbons (Fsp3) is 0.462. The van der Waals surface area contributed by atoms with Crippen molar-refractivity contribution in [1.29, 1.82) is 0 Å². The number of primary sulfonamides is 1. The molecule has 2 N–H and O–H groups in total. The molecule has 1 unspecified atom stereocenters. The van der Waals surface area contributed by atoms with Gasteiger partial charge in [0.25, 0.3) is 0 Å². The van der Waals surface area contributed by atoms with E-state index in [0.717, 1.165) is 5.65 Å². The van der Waals surface area contributed by atoms with Crippen LogP contribution in [-0.4, -0.2) is 29.2 Å². The number of sulfonamides is 1. The molecule has 110 valence electrons. The minimum absolute atomic E-state index is 0.131. The van der Waals surface area contributed by atoms with Crippen LogP contribution in [0.15, 0.2) is 30.6 Å². The molecule has 2 atom stereocenters. The molecule has 2 aromatic rings. The smallest absolute Gasteiger partial charge is 0.214 e. The van der Waals surface area contributed by atoms with Gasteiger partial charge in [0.1, 0.15) is 17.0 Å². The lowest BCUT2D eigenvalue weighted by molar-refractivity contribution is 0.00436. The van der Waals surface area contributed by atoms with E-state index in [2.05, 4.69) is 4.98 Å². The van der Waals surface area contributed by atoms with Crippen LogP contribution in [0.25, 0.3) is 5.65 Å². The molecule has 2 rings (SSSR count). The molecule has 0 bridgehead atoms. The molecule has 0 spiro atoms. The molecule has 0 amide bonds. The lowest BCUT2D eigenvalue weighted by atomic mass is 10.2. The van der Waals surface area contributed by atoms with E-state index in [-0.39, 0.29) is 6.10 Å². The van der Waals surface area contributed by atoms with E-state index in [1.807, 2.05) is 42.6 Å². The van der Waals surface area contributed by atoms with Crippen molar-refractivity contribution in [3.05, 3.63) is 36.3 Å². The zero-order valence-electron chi connectivity index (χ0n) is 11.7. The van der Waals surface area contributed by atoms with Crippen molar-refractivity contribution >= 4 is 15.7 Å². The first kappa shape index (κ1) is 15.0. The first-order chi connectivity index (χ1) is 9.29. The van der Waals surface area contributed by atoms with Crippen LogP contribution in [0.2, 0.25) is 0 Å². The van der Waals surface area contributed by atoms with Crippen LogP contribution < -0.4 is 5.14 Å². The largest absolute Gasteiger partial charge is 0.368 e. The lowest BCUT2D eigenvalue weighted by Crippen LogP contribution is -2.34. The second-order valence-electron chi connectivity index (χ2n) is 5.03. The summed E-state index contributed by atoms with van der Waals surface area (Å²) in [6, 6.07) is 5.59. The Morgan fingerprint density at radius 1 is 1.30 bits per heavy atom. The Kier molecular flexibility index (Phi) is 4.12. The maximum atomic E-state index is 11.6. The van der Waals surface area contributed by atoms with Gasteiger partial charge < -0.3 is 9.14 Å². The van der Waals surface area contributed by atoms with Crippen molar-refractivity contribution in [1.82, 2.24) is 9.38 Å². The number of ether oxygens (including phenoxy) is 1. The highest BCUT2D eigenvalue weighted by Gasteiger charge is 2.31. The molecule has 0 saturated heterocycles. The molecule has 0 aliphatic carbocycles. The monoisotopic (exact) mass is 297 g/mol. The highest BCUT2D eigenvalue weighted by molar-refractivity contribution is 7.89. The highest BCUT2D eigenvalue weighted by atomic mass is 32.2. The van der Waals surface area contributed by atoms with Gasteiger partial charge in [-0.3, -0.25) is 0 Å². The number of pyridine rings is 1. The maximum Gasteiger partial charge on any atom is 0.214 e. The van der Waals surface area contributed by atoms with Crippen LogP contribution in [0.3, 0.4) is 0 Å². The second kappa shape index (κ2) is 5.51. The molecule has 20 heavy (non-hydrogen) atoms. The Balaban J connectivity index is 2.45. The summed E-state index contributed by atoms with van der Waals surface area (Å²) in [7, 11) is -3.71. The summed E-state index contributed by atoms with van der Waals surface area (Å²) in [5, 5.41) is 4.38. The third-order valence-corrected chi connectivity index (χ3v) is 4.32. The normalized spacial score (nSPS) is 15.7. The quantitative estimate of drug-likeness (QED) is 0.905. The minimum Gasteiger partial charge on any atom is -0.368 e. The molecule has 2 aromatic heterocycles. The van der Waals surface area contributed by atoms with E-state index in [0.29, 0.717) is 5.69 Å². The van der Waals surface area contributed by atoms with Crippen LogP contribution in [0.1, 0.15) is 32.6 Å². The number of nitrogens with two attached hydrogens (primary N) is 1. The van der Waals surface area contributed by atoms with Gasteiger partial charge >= 0.3 is 0 Å². The van der Waals surface area contributed by atoms with Gasteiger partial charge in [0, 0.05) is 12.4 Å². The third kappa shape index (κ3) is 3.17. The molecule has 0 radical (unpaired) electrons. The Bertz CT molecular complexity index is 661. The highest BCUT2D eigenvalue weighted by Crippen LogP contribution is 2.26. The van der Waals surface area contributed by atoms with E-state index in [9.17, 15) is 8.42 Å². The molecule has 6 nitrogen and oxygen atoms in total. The summed E-state index contributed by atoms with van der Waals surface area (Å²) in [5.74, 6) is 0.